The summed E-state index contributed by atoms with van der Waals surface area (Å²) in [6.45, 7) is 0.489. The summed E-state index contributed by atoms with van der Waals surface area (Å²) < 4.78 is 0. The van der Waals surface area contributed by atoms with Crippen LogP contribution in [0.15, 0.2) is 42.5 Å². The molecule has 0 bridgehead atoms. The quantitative estimate of drug-likeness (QED) is 0.630. The van der Waals surface area contributed by atoms with E-state index >= 15 is 0 Å². The first-order valence-electron chi connectivity index (χ1n) is 6.79. The molecule has 2 N–H and O–H groups in total. The molecule has 0 saturated carbocycles. The van der Waals surface area contributed by atoms with Crippen molar-refractivity contribution >= 4 is 17.1 Å². The van der Waals surface area contributed by atoms with E-state index < -0.39 is 4.92 Å². The summed E-state index contributed by atoms with van der Waals surface area (Å²) in [5.41, 5.74) is 3.25. The van der Waals surface area contributed by atoms with Crippen LogP contribution >= 0.6 is 0 Å². The predicted molar refractivity (Wildman–Crippen MR) is 85.7 cm³/mol. The lowest BCUT2D eigenvalue weighted by Gasteiger charge is -2.08. The van der Waals surface area contributed by atoms with Crippen molar-refractivity contribution < 1.29 is 4.92 Å². The summed E-state index contributed by atoms with van der Waals surface area (Å²) in [6, 6.07) is 14.8. The first-order chi connectivity index (χ1) is 10.6. The number of hydrogen-bond acceptors (Lipinski definition) is 5. The normalized spacial score (nSPS) is 9.82. The Hall–Kier alpha value is -3.07. The zero-order valence-electron chi connectivity index (χ0n) is 12.2. The van der Waals surface area contributed by atoms with Gasteiger partial charge in [-0.1, -0.05) is 18.2 Å². The molecule has 0 aliphatic heterocycles. The van der Waals surface area contributed by atoms with Gasteiger partial charge in [0.05, 0.1) is 17.4 Å². The number of nitrogens with zero attached hydrogens (tertiary/aromatic N) is 2. The van der Waals surface area contributed by atoms with E-state index in [2.05, 4.69) is 16.7 Å². The third kappa shape index (κ3) is 3.73. The van der Waals surface area contributed by atoms with Crippen molar-refractivity contribution in [3.8, 4) is 6.07 Å². The van der Waals surface area contributed by atoms with Gasteiger partial charge in [-0.25, -0.2) is 0 Å². The van der Waals surface area contributed by atoms with Crippen LogP contribution in [-0.2, 0) is 13.0 Å². The van der Waals surface area contributed by atoms with Crippen molar-refractivity contribution in [3.05, 3.63) is 63.7 Å². The van der Waals surface area contributed by atoms with Crippen LogP contribution in [0, 0.1) is 21.4 Å². The molecular weight excluding hydrogens is 280 g/mol. The van der Waals surface area contributed by atoms with E-state index in [9.17, 15) is 10.1 Å². The number of hydrogen-bond donors (Lipinski definition) is 2. The van der Waals surface area contributed by atoms with Crippen LogP contribution in [0.1, 0.15) is 11.1 Å². The van der Waals surface area contributed by atoms with E-state index in [4.69, 9.17) is 5.26 Å². The van der Waals surface area contributed by atoms with Gasteiger partial charge in [-0.05, 0) is 29.3 Å². The van der Waals surface area contributed by atoms with Gasteiger partial charge in [0.2, 0.25) is 0 Å². The number of nitrogens with one attached hydrogen (secondary N) is 2. The topological polar surface area (TPSA) is 91.0 Å². The van der Waals surface area contributed by atoms with Gasteiger partial charge >= 0.3 is 0 Å². The monoisotopic (exact) mass is 296 g/mol. The molecule has 0 fully saturated rings. The second kappa shape index (κ2) is 7.09. The third-order valence-corrected chi connectivity index (χ3v) is 3.26. The van der Waals surface area contributed by atoms with E-state index in [1.807, 2.05) is 30.3 Å². The molecule has 0 amide bonds. The SMILES string of the molecule is CNc1ccc(CNc2ccc(CC#N)cc2)cc1[N+](=O)[O-]. The Labute approximate surface area is 128 Å². The Morgan fingerprint density at radius 1 is 1.18 bits per heavy atom. The van der Waals surface area contributed by atoms with Crippen molar-refractivity contribution in [1.82, 2.24) is 0 Å². The molecule has 0 spiro atoms. The lowest BCUT2D eigenvalue weighted by atomic mass is 10.1. The molecule has 2 aromatic rings. The van der Waals surface area contributed by atoms with Gasteiger partial charge in [0.25, 0.3) is 5.69 Å². The van der Waals surface area contributed by atoms with Gasteiger partial charge in [-0.15, -0.1) is 0 Å². The molecule has 0 heterocycles. The van der Waals surface area contributed by atoms with Gasteiger partial charge in [0.1, 0.15) is 5.69 Å². The van der Waals surface area contributed by atoms with Crippen LogP contribution in [-0.4, -0.2) is 12.0 Å². The molecule has 0 aliphatic rings. The molecule has 0 radical (unpaired) electrons. The first kappa shape index (κ1) is 15.3. The average molecular weight is 296 g/mol. The van der Waals surface area contributed by atoms with Crippen molar-refractivity contribution in [2.45, 2.75) is 13.0 Å². The minimum atomic E-state index is -0.397. The van der Waals surface area contributed by atoms with Gasteiger partial charge < -0.3 is 10.6 Å². The lowest BCUT2D eigenvalue weighted by Crippen LogP contribution is -2.02. The predicted octanol–water partition coefficient (Wildman–Crippen LogP) is 3.31. The first-order valence-corrected chi connectivity index (χ1v) is 6.79. The summed E-state index contributed by atoms with van der Waals surface area (Å²) in [4.78, 5) is 10.6. The van der Waals surface area contributed by atoms with Gasteiger partial charge in [0.15, 0.2) is 0 Å². The van der Waals surface area contributed by atoms with Crippen LogP contribution in [0.3, 0.4) is 0 Å². The molecule has 0 saturated heterocycles. The Balaban J connectivity index is 2.06. The molecule has 112 valence electrons. The second-order valence-corrected chi connectivity index (χ2v) is 4.74. The fourth-order valence-corrected chi connectivity index (χ4v) is 2.09. The highest BCUT2D eigenvalue weighted by Gasteiger charge is 2.13. The number of rotatable bonds is 6. The van der Waals surface area contributed by atoms with Gasteiger partial charge in [-0.3, -0.25) is 10.1 Å². The average Bonchev–Trinajstić information content (AvgIpc) is 2.54. The van der Waals surface area contributed by atoms with E-state index in [-0.39, 0.29) is 5.69 Å². The van der Waals surface area contributed by atoms with Crippen molar-refractivity contribution in [2.75, 3.05) is 17.7 Å². The largest absolute Gasteiger partial charge is 0.383 e. The molecule has 2 rings (SSSR count). The molecule has 0 aromatic heterocycles. The maximum Gasteiger partial charge on any atom is 0.292 e. The molecule has 2 aromatic carbocycles. The highest BCUT2D eigenvalue weighted by molar-refractivity contribution is 5.62. The van der Waals surface area contributed by atoms with Crippen molar-refractivity contribution in [3.63, 3.8) is 0 Å². The van der Waals surface area contributed by atoms with Gasteiger partial charge in [0, 0.05) is 25.3 Å². The van der Waals surface area contributed by atoms with Crippen molar-refractivity contribution in [1.29, 1.82) is 5.26 Å². The molecule has 22 heavy (non-hydrogen) atoms. The molecule has 6 nitrogen and oxygen atoms in total. The summed E-state index contributed by atoms with van der Waals surface area (Å²) >= 11 is 0. The Bertz CT molecular complexity index is 705. The summed E-state index contributed by atoms with van der Waals surface area (Å²) in [6.07, 6.45) is 0.387. The number of nitriles is 1. The van der Waals surface area contributed by atoms with E-state index in [0.717, 1.165) is 16.8 Å². The Kier molecular flexibility index (Phi) is 4.94. The third-order valence-electron chi connectivity index (χ3n) is 3.26. The van der Waals surface area contributed by atoms with Crippen LogP contribution < -0.4 is 10.6 Å². The summed E-state index contributed by atoms with van der Waals surface area (Å²) in [5, 5.41) is 25.7. The Morgan fingerprint density at radius 2 is 1.86 bits per heavy atom. The lowest BCUT2D eigenvalue weighted by molar-refractivity contribution is -0.384. The summed E-state index contributed by atoms with van der Waals surface area (Å²) in [7, 11) is 1.66. The molecular formula is C16H16N4O2. The van der Waals surface area contributed by atoms with E-state index in [1.165, 1.54) is 0 Å². The van der Waals surface area contributed by atoms with Crippen LogP contribution in [0.2, 0.25) is 0 Å². The zero-order valence-corrected chi connectivity index (χ0v) is 12.2. The fraction of sp³-hybridized carbons (Fsp3) is 0.188. The molecule has 0 atom stereocenters. The van der Waals surface area contributed by atoms with Crippen LogP contribution in [0.25, 0.3) is 0 Å². The maximum absolute atomic E-state index is 11.0. The highest BCUT2D eigenvalue weighted by atomic mass is 16.6. The fourth-order valence-electron chi connectivity index (χ4n) is 2.09. The summed E-state index contributed by atoms with van der Waals surface area (Å²) in [5.74, 6) is 0. The molecule has 0 unspecified atom stereocenters. The number of benzene rings is 2. The van der Waals surface area contributed by atoms with Gasteiger partial charge in [-0.2, -0.15) is 5.26 Å². The molecule has 6 heteroatoms. The smallest absolute Gasteiger partial charge is 0.292 e. The minimum absolute atomic E-state index is 0.0613. The van der Waals surface area contributed by atoms with Crippen LogP contribution in [0.4, 0.5) is 17.1 Å². The zero-order chi connectivity index (χ0) is 15.9. The number of nitro groups is 1. The van der Waals surface area contributed by atoms with Crippen LogP contribution in [0.5, 0.6) is 0 Å². The van der Waals surface area contributed by atoms with E-state index in [1.54, 1.807) is 19.2 Å². The standard InChI is InChI=1S/C16H16N4O2/c1-18-15-7-4-13(10-16(15)20(21)22)11-19-14-5-2-12(3-6-14)8-9-17/h2-7,10,18-19H,8,11H2,1H3. The maximum atomic E-state index is 11.0. The highest BCUT2D eigenvalue weighted by Crippen LogP contribution is 2.25. The minimum Gasteiger partial charge on any atom is -0.383 e. The Morgan fingerprint density at radius 3 is 2.45 bits per heavy atom. The number of anilines is 2. The van der Waals surface area contributed by atoms with Crippen molar-refractivity contribution in [2.24, 2.45) is 0 Å². The second-order valence-electron chi connectivity index (χ2n) is 4.74. The molecule has 0 aliphatic carbocycles. The van der Waals surface area contributed by atoms with E-state index in [0.29, 0.717) is 18.7 Å². The number of nitro benzene ring substituents is 1.